The van der Waals surface area contributed by atoms with E-state index < -0.39 is 23.5 Å². The molecule has 0 saturated carbocycles. The lowest BCUT2D eigenvalue weighted by molar-refractivity contribution is -0.138. The summed E-state index contributed by atoms with van der Waals surface area (Å²) in [6.45, 7) is 3.40. The van der Waals surface area contributed by atoms with Crippen LogP contribution in [-0.2, 0) is 10.9 Å². The smallest absolute Gasteiger partial charge is 0.419 e. The van der Waals surface area contributed by atoms with Gasteiger partial charge in [0.1, 0.15) is 5.75 Å². The van der Waals surface area contributed by atoms with Crippen molar-refractivity contribution in [2.45, 2.75) is 20.0 Å². The molecule has 0 unspecified atom stereocenters. The van der Waals surface area contributed by atoms with Crippen LogP contribution in [-0.4, -0.2) is 17.6 Å². The Hall–Kier alpha value is -2.09. The number of carbonyl (C=O) groups is 1. The van der Waals surface area contributed by atoms with Crippen molar-refractivity contribution in [2.24, 2.45) is 0 Å². The number of rotatable bonds is 4. The minimum atomic E-state index is -4.56. The van der Waals surface area contributed by atoms with Crippen molar-refractivity contribution >= 4 is 17.3 Å². The number of nitrogens with zero attached hydrogens (tertiary/aromatic N) is 1. The summed E-state index contributed by atoms with van der Waals surface area (Å²) in [6.07, 6.45) is -4.56. The van der Waals surface area contributed by atoms with Gasteiger partial charge in [-0.25, -0.2) is 9.78 Å². The molecule has 1 aromatic carbocycles. The fourth-order valence-electron chi connectivity index (χ4n) is 1.70. The summed E-state index contributed by atoms with van der Waals surface area (Å²) in [7, 11) is 0. The Morgan fingerprint density at radius 2 is 2.00 bits per heavy atom. The highest BCUT2D eigenvalue weighted by Crippen LogP contribution is 2.39. The SMILES string of the molecule is CCOC(=O)c1sc(C)nc1Oc1ccccc1C(F)(F)F. The maximum atomic E-state index is 12.9. The summed E-state index contributed by atoms with van der Waals surface area (Å²) in [5.41, 5.74) is -0.935. The minimum absolute atomic E-state index is 0.0383. The molecule has 2 rings (SSSR count). The van der Waals surface area contributed by atoms with Crippen LogP contribution >= 0.6 is 11.3 Å². The molecule has 0 amide bonds. The molecule has 0 fully saturated rings. The number of alkyl halides is 3. The first-order valence-corrected chi connectivity index (χ1v) is 7.13. The third-order valence-electron chi connectivity index (χ3n) is 2.56. The number of carbonyl (C=O) groups excluding carboxylic acids is 1. The normalized spacial score (nSPS) is 11.3. The molecule has 4 nitrogen and oxygen atoms in total. The monoisotopic (exact) mass is 331 g/mol. The Labute approximate surface area is 128 Å². The Balaban J connectivity index is 2.38. The van der Waals surface area contributed by atoms with Gasteiger partial charge in [-0.2, -0.15) is 13.2 Å². The summed E-state index contributed by atoms with van der Waals surface area (Å²) in [5, 5.41) is 0.488. The van der Waals surface area contributed by atoms with E-state index in [-0.39, 0.29) is 17.4 Å². The summed E-state index contributed by atoms with van der Waals surface area (Å²) in [6, 6.07) is 4.74. The molecule has 0 aliphatic rings. The molecule has 8 heteroatoms. The first-order chi connectivity index (χ1) is 10.3. The zero-order valence-electron chi connectivity index (χ0n) is 11.7. The molecule has 22 heavy (non-hydrogen) atoms. The number of aryl methyl sites for hydroxylation is 1. The standard InChI is InChI=1S/C14H12F3NO3S/c1-3-20-13(19)11-12(18-8(2)22-11)21-10-7-5-4-6-9(10)14(15,16)17/h4-7H,3H2,1-2H3. The van der Waals surface area contributed by atoms with Gasteiger partial charge in [0.15, 0.2) is 4.88 Å². The molecular weight excluding hydrogens is 319 g/mol. The molecule has 2 aromatic rings. The van der Waals surface area contributed by atoms with Crippen molar-refractivity contribution in [3.8, 4) is 11.6 Å². The maximum Gasteiger partial charge on any atom is 0.419 e. The fraction of sp³-hybridized carbons (Fsp3) is 0.286. The molecule has 0 aliphatic heterocycles. The largest absolute Gasteiger partial charge is 0.462 e. The van der Waals surface area contributed by atoms with E-state index >= 15 is 0 Å². The zero-order chi connectivity index (χ0) is 16.3. The van der Waals surface area contributed by atoms with Crippen molar-refractivity contribution in [3.63, 3.8) is 0 Å². The van der Waals surface area contributed by atoms with Crippen LogP contribution in [0.3, 0.4) is 0 Å². The molecule has 0 atom stereocenters. The number of thiazole rings is 1. The minimum Gasteiger partial charge on any atom is -0.462 e. The topological polar surface area (TPSA) is 48.4 Å². The number of hydrogen-bond acceptors (Lipinski definition) is 5. The lowest BCUT2D eigenvalue weighted by Crippen LogP contribution is -2.08. The number of halogens is 3. The Bertz CT molecular complexity index is 682. The highest BCUT2D eigenvalue weighted by molar-refractivity contribution is 7.13. The number of esters is 1. The van der Waals surface area contributed by atoms with E-state index in [0.717, 1.165) is 17.4 Å². The van der Waals surface area contributed by atoms with E-state index in [0.29, 0.717) is 5.01 Å². The maximum absolute atomic E-state index is 12.9. The van der Waals surface area contributed by atoms with Crippen LogP contribution in [0.1, 0.15) is 27.2 Å². The average molecular weight is 331 g/mol. The molecule has 0 spiro atoms. The predicted molar refractivity (Wildman–Crippen MR) is 74.3 cm³/mol. The fourth-order valence-corrected chi connectivity index (χ4v) is 2.44. The van der Waals surface area contributed by atoms with Gasteiger partial charge < -0.3 is 9.47 Å². The predicted octanol–water partition coefficient (Wildman–Crippen LogP) is 4.44. The Morgan fingerprint density at radius 1 is 1.32 bits per heavy atom. The van der Waals surface area contributed by atoms with Crippen molar-refractivity contribution in [1.29, 1.82) is 0 Å². The quantitative estimate of drug-likeness (QED) is 0.777. The lowest BCUT2D eigenvalue weighted by Gasteiger charge is -2.12. The summed E-state index contributed by atoms with van der Waals surface area (Å²) in [5.74, 6) is -1.27. The lowest BCUT2D eigenvalue weighted by atomic mass is 10.2. The van der Waals surface area contributed by atoms with Gasteiger partial charge >= 0.3 is 12.1 Å². The highest BCUT2D eigenvalue weighted by atomic mass is 32.1. The van der Waals surface area contributed by atoms with Gasteiger partial charge in [0.25, 0.3) is 0 Å². The van der Waals surface area contributed by atoms with Crippen molar-refractivity contribution in [3.05, 3.63) is 39.7 Å². The second-order valence-corrected chi connectivity index (χ2v) is 5.39. The third kappa shape index (κ3) is 3.56. The van der Waals surface area contributed by atoms with Crippen LogP contribution < -0.4 is 4.74 Å². The molecule has 118 valence electrons. The summed E-state index contributed by atoms with van der Waals surface area (Å²) in [4.78, 5) is 15.8. The molecule has 1 aromatic heterocycles. The first kappa shape index (κ1) is 16.3. The van der Waals surface area contributed by atoms with Gasteiger partial charge in [0.2, 0.25) is 5.88 Å². The van der Waals surface area contributed by atoms with Gasteiger partial charge in [0, 0.05) is 0 Å². The third-order valence-corrected chi connectivity index (χ3v) is 3.50. The molecule has 0 radical (unpaired) electrons. The van der Waals surface area contributed by atoms with E-state index in [1.165, 1.54) is 18.2 Å². The number of benzene rings is 1. The number of ether oxygens (including phenoxy) is 2. The van der Waals surface area contributed by atoms with Crippen LogP contribution in [0.5, 0.6) is 11.6 Å². The summed E-state index contributed by atoms with van der Waals surface area (Å²) < 4.78 is 48.9. The first-order valence-electron chi connectivity index (χ1n) is 6.31. The Kier molecular flexibility index (Phi) is 4.70. The van der Waals surface area contributed by atoms with Crippen molar-refractivity contribution in [1.82, 2.24) is 4.98 Å². The molecule has 0 bridgehead atoms. The summed E-state index contributed by atoms with van der Waals surface area (Å²) >= 11 is 1.00. The second kappa shape index (κ2) is 6.35. The van der Waals surface area contributed by atoms with E-state index in [2.05, 4.69) is 4.98 Å². The molecule has 0 N–H and O–H groups in total. The zero-order valence-corrected chi connectivity index (χ0v) is 12.5. The number of hydrogen-bond donors (Lipinski definition) is 0. The average Bonchev–Trinajstić information content (AvgIpc) is 2.79. The van der Waals surface area contributed by atoms with E-state index in [1.54, 1.807) is 13.8 Å². The van der Waals surface area contributed by atoms with E-state index in [9.17, 15) is 18.0 Å². The van der Waals surface area contributed by atoms with Gasteiger partial charge in [-0.15, -0.1) is 11.3 Å². The van der Waals surface area contributed by atoms with E-state index in [1.807, 2.05) is 0 Å². The van der Waals surface area contributed by atoms with Crippen LogP contribution in [0.25, 0.3) is 0 Å². The molecular formula is C14H12F3NO3S. The highest BCUT2D eigenvalue weighted by Gasteiger charge is 2.35. The second-order valence-electron chi connectivity index (χ2n) is 4.18. The van der Waals surface area contributed by atoms with Gasteiger partial charge in [-0.3, -0.25) is 0 Å². The van der Waals surface area contributed by atoms with Gasteiger partial charge in [-0.1, -0.05) is 12.1 Å². The molecule has 0 aliphatic carbocycles. The van der Waals surface area contributed by atoms with Crippen molar-refractivity contribution in [2.75, 3.05) is 6.61 Å². The van der Waals surface area contributed by atoms with Crippen LogP contribution in [0.15, 0.2) is 24.3 Å². The number of aromatic nitrogens is 1. The van der Waals surface area contributed by atoms with Crippen molar-refractivity contribution < 1.29 is 27.4 Å². The molecule has 0 saturated heterocycles. The number of para-hydroxylation sites is 1. The van der Waals surface area contributed by atoms with Crippen LogP contribution in [0.2, 0.25) is 0 Å². The molecule has 1 heterocycles. The van der Waals surface area contributed by atoms with Crippen LogP contribution in [0, 0.1) is 6.92 Å². The van der Waals surface area contributed by atoms with Crippen LogP contribution in [0.4, 0.5) is 13.2 Å². The van der Waals surface area contributed by atoms with Gasteiger partial charge in [0.05, 0.1) is 17.2 Å². The van der Waals surface area contributed by atoms with Gasteiger partial charge in [-0.05, 0) is 26.0 Å². The van der Waals surface area contributed by atoms with E-state index in [4.69, 9.17) is 9.47 Å². The Morgan fingerprint density at radius 3 is 2.64 bits per heavy atom.